The van der Waals surface area contributed by atoms with Crippen LogP contribution in [0.25, 0.3) is 0 Å². The number of Topliss-reactive ketones (excluding diaryl/α,β-unsaturated/α-hetero) is 1. The Hall–Kier alpha value is -1.12. The molecule has 1 aliphatic carbocycles. The zero-order valence-corrected chi connectivity index (χ0v) is 7.86. The van der Waals surface area contributed by atoms with Gasteiger partial charge in [0.15, 0.2) is 0 Å². The van der Waals surface area contributed by atoms with Crippen molar-refractivity contribution in [1.29, 1.82) is 0 Å². The Kier molecular flexibility index (Phi) is 2.17. The van der Waals surface area contributed by atoms with E-state index in [4.69, 9.17) is 0 Å². The number of aromatic nitrogens is 2. The van der Waals surface area contributed by atoms with E-state index in [1.54, 1.807) is 0 Å². The number of rotatable bonds is 2. The summed E-state index contributed by atoms with van der Waals surface area (Å²) in [6.07, 6.45) is 5.50. The maximum Gasteiger partial charge on any atom is 0.133 e. The number of hydrogen-bond donors (Lipinski definition) is 0. The van der Waals surface area contributed by atoms with Gasteiger partial charge in [0.2, 0.25) is 0 Å². The lowest BCUT2D eigenvalue weighted by molar-refractivity contribution is -0.117. The number of nitrogens with zero attached hydrogens (tertiary/aromatic N) is 2. The molecule has 0 aliphatic heterocycles. The van der Waals surface area contributed by atoms with E-state index < -0.39 is 0 Å². The Labute approximate surface area is 77.7 Å². The summed E-state index contributed by atoms with van der Waals surface area (Å²) >= 11 is 0. The Morgan fingerprint density at radius 2 is 2.54 bits per heavy atom. The number of aryl methyl sites for hydroxylation is 1. The highest BCUT2D eigenvalue weighted by atomic mass is 16.1. The minimum absolute atomic E-state index is 0.418. The van der Waals surface area contributed by atoms with Crippen molar-refractivity contribution in [2.75, 3.05) is 0 Å². The lowest BCUT2D eigenvalue weighted by Gasteiger charge is -2.03. The second-order valence-electron chi connectivity index (χ2n) is 3.83. The van der Waals surface area contributed by atoms with Gasteiger partial charge in [-0.15, -0.1) is 0 Å². The highest BCUT2D eigenvalue weighted by Crippen LogP contribution is 2.24. The van der Waals surface area contributed by atoms with Gasteiger partial charge in [-0.3, -0.25) is 9.48 Å². The van der Waals surface area contributed by atoms with E-state index >= 15 is 0 Å². The first-order chi connectivity index (χ1) is 6.24. The average molecular weight is 178 g/mol. The summed E-state index contributed by atoms with van der Waals surface area (Å²) in [5.74, 6) is 0.961. The maximum atomic E-state index is 11.0. The van der Waals surface area contributed by atoms with Gasteiger partial charge < -0.3 is 0 Å². The van der Waals surface area contributed by atoms with Gasteiger partial charge in [-0.05, 0) is 24.8 Å². The van der Waals surface area contributed by atoms with Crippen LogP contribution in [0.4, 0.5) is 0 Å². The van der Waals surface area contributed by atoms with Crippen LogP contribution in [0.2, 0.25) is 0 Å². The molecule has 0 saturated heterocycles. The van der Waals surface area contributed by atoms with Gasteiger partial charge in [0, 0.05) is 26.1 Å². The maximum absolute atomic E-state index is 11.0. The van der Waals surface area contributed by atoms with Crippen molar-refractivity contribution in [3.63, 3.8) is 0 Å². The van der Waals surface area contributed by atoms with Crippen LogP contribution in [0, 0.1) is 5.92 Å². The Bertz CT molecular complexity index is 316. The smallest absolute Gasteiger partial charge is 0.133 e. The van der Waals surface area contributed by atoms with Gasteiger partial charge in [-0.2, -0.15) is 5.10 Å². The van der Waals surface area contributed by atoms with Crippen molar-refractivity contribution in [3.8, 4) is 0 Å². The molecule has 13 heavy (non-hydrogen) atoms. The minimum Gasteiger partial charge on any atom is -0.300 e. The van der Waals surface area contributed by atoms with Crippen molar-refractivity contribution in [2.24, 2.45) is 13.0 Å². The van der Waals surface area contributed by atoms with E-state index in [-0.39, 0.29) is 0 Å². The number of ketones is 1. The van der Waals surface area contributed by atoms with Gasteiger partial charge in [0.1, 0.15) is 5.78 Å². The molecule has 1 atom stereocenters. The van der Waals surface area contributed by atoms with Crippen molar-refractivity contribution < 1.29 is 4.79 Å². The molecule has 1 aliphatic rings. The average Bonchev–Trinajstić information content (AvgIpc) is 2.62. The summed E-state index contributed by atoms with van der Waals surface area (Å²) in [7, 11) is 1.92. The lowest BCUT2D eigenvalue weighted by Crippen LogP contribution is -2.01. The van der Waals surface area contributed by atoms with Crippen LogP contribution in [-0.2, 0) is 18.3 Å². The van der Waals surface area contributed by atoms with E-state index in [1.807, 2.05) is 24.0 Å². The molecule has 2 rings (SSSR count). The molecule has 3 nitrogen and oxygen atoms in total. The summed E-state index contributed by atoms with van der Waals surface area (Å²) in [5, 5.41) is 4.30. The molecule has 1 saturated carbocycles. The van der Waals surface area contributed by atoms with Gasteiger partial charge >= 0.3 is 0 Å². The molecule has 70 valence electrons. The monoisotopic (exact) mass is 178 g/mol. The first kappa shape index (κ1) is 8.48. The van der Waals surface area contributed by atoms with Gasteiger partial charge in [0.05, 0.1) is 5.69 Å². The van der Waals surface area contributed by atoms with Gasteiger partial charge in [-0.25, -0.2) is 0 Å². The van der Waals surface area contributed by atoms with Crippen LogP contribution < -0.4 is 0 Å². The molecule has 0 spiro atoms. The fraction of sp³-hybridized carbons (Fsp3) is 0.600. The Morgan fingerprint density at radius 1 is 1.69 bits per heavy atom. The van der Waals surface area contributed by atoms with Crippen LogP contribution >= 0.6 is 0 Å². The van der Waals surface area contributed by atoms with E-state index in [2.05, 4.69) is 5.10 Å². The molecule has 0 bridgehead atoms. The third-order valence-electron chi connectivity index (χ3n) is 2.61. The second kappa shape index (κ2) is 3.32. The molecular weight excluding hydrogens is 164 g/mol. The lowest BCUT2D eigenvalue weighted by atomic mass is 10.0. The van der Waals surface area contributed by atoms with Crippen molar-refractivity contribution in [3.05, 3.63) is 18.0 Å². The molecule has 1 aromatic heterocycles. The predicted molar refractivity (Wildman–Crippen MR) is 49.3 cm³/mol. The van der Waals surface area contributed by atoms with E-state index in [1.165, 1.54) is 0 Å². The van der Waals surface area contributed by atoms with Crippen molar-refractivity contribution >= 4 is 5.78 Å². The summed E-state index contributed by atoms with van der Waals surface area (Å²) < 4.78 is 1.81. The molecule has 0 aromatic carbocycles. The normalized spacial score (nSPS) is 22.5. The number of carbonyl (C=O) groups is 1. The molecule has 1 unspecified atom stereocenters. The van der Waals surface area contributed by atoms with E-state index in [0.717, 1.165) is 31.4 Å². The van der Waals surface area contributed by atoms with Crippen LogP contribution in [0.3, 0.4) is 0 Å². The molecule has 1 aromatic rings. The summed E-state index contributed by atoms with van der Waals surface area (Å²) in [6.45, 7) is 0. The van der Waals surface area contributed by atoms with Gasteiger partial charge in [-0.1, -0.05) is 0 Å². The molecular formula is C10H14N2O. The fourth-order valence-electron chi connectivity index (χ4n) is 1.93. The first-order valence-corrected chi connectivity index (χ1v) is 4.74. The summed E-state index contributed by atoms with van der Waals surface area (Å²) in [6, 6.07) is 2.03. The molecule has 1 heterocycles. The van der Waals surface area contributed by atoms with Crippen LogP contribution in [0.1, 0.15) is 25.0 Å². The van der Waals surface area contributed by atoms with E-state index in [0.29, 0.717) is 11.7 Å². The fourth-order valence-corrected chi connectivity index (χ4v) is 1.93. The Morgan fingerprint density at radius 3 is 3.08 bits per heavy atom. The zero-order valence-electron chi connectivity index (χ0n) is 7.86. The standard InChI is InChI=1S/C10H14N2O/c1-12-5-4-9(11-12)6-8-2-3-10(13)7-8/h4-5,8H,2-3,6-7H2,1H3. The van der Waals surface area contributed by atoms with Gasteiger partial charge in [0.25, 0.3) is 0 Å². The Balaban J connectivity index is 1.95. The predicted octanol–water partition coefficient (Wildman–Crippen LogP) is 1.33. The summed E-state index contributed by atoms with van der Waals surface area (Å²) in [4.78, 5) is 11.0. The molecule has 0 N–H and O–H groups in total. The van der Waals surface area contributed by atoms with Crippen molar-refractivity contribution in [2.45, 2.75) is 25.7 Å². The number of hydrogen-bond acceptors (Lipinski definition) is 2. The van der Waals surface area contributed by atoms with Crippen LogP contribution in [0.5, 0.6) is 0 Å². The quantitative estimate of drug-likeness (QED) is 0.684. The van der Waals surface area contributed by atoms with E-state index in [9.17, 15) is 4.79 Å². The topological polar surface area (TPSA) is 34.9 Å². The highest BCUT2D eigenvalue weighted by Gasteiger charge is 2.22. The molecule has 1 fully saturated rings. The minimum atomic E-state index is 0.418. The third-order valence-corrected chi connectivity index (χ3v) is 2.61. The van der Waals surface area contributed by atoms with Crippen molar-refractivity contribution in [1.82, 2.24) is 9.78 Å². The molecule has 0 radical (unpaired) electrons. The zero-order chi connectivity index (χ0) is 9.26. The molecule has 0 amide bonds. The SMILES string of the molecule is Cn1ccc(CC2CCC(=O)C2)n1. The molecule has 3 heteroatoms. The third kappa shape index (κ3) is 1.97. The summed E-state index contributed by atoms with van der Waals surface area (Å²) in [5.41, 5.74) is 1.11. The first-order valence-electron chi connectivity index (χ1n) is 4.74. The number of carbonyl (C=O) groups excluding carboxylic acids is 1. The highest BCUT2D eigenvalue weighted by molar-refractivity contribution is 5.80. The van der Waals surface area contributed by atoms with Crippen LogP contribution in [-0.4, -0.2) is 15.6 Å². The second-order valence-corrected chi connectivity index (χ2v) is 3.83. The largest absolute Gasteiger partial charge is 0.300 e. The van der Waals surface area contributed by atoms with Crippen LogP contribution in [0.15, 0.2) is 12.3 Å².